The molecule has 0 saturated carbocycles. The Hall–Kier alpha value is -2.45. The van der Waals surface area contributed by atoms with Crippen molar-refractivity contribution in [3.63, 3.8) is 0 Å². The topological polar surface area (TPSA) is 98.0 Å². The van der Waals surface area contributed by atoms with Crippen LogP contribution in [0.25, 0.3) is 10.9 Å². The molecule has 2 heterocycles. The monoisotopic (exact) mass is 412 g/mol. The molecule has 0 saturated heterocycles. The molecule has 3 N–H and O–H groups in total. The molecule has 1 unspecified atom stereocenters. The Bertz CT molecular complexity index is 1060. The van der Waals surface area contributed by atoms with E-state index in [1.165, 1.54) is 29.4 Å². The summed E-state index contributed by atoms with van der Waals surface area (Å²) in [6.07, 6.45) is 4.30. The molecule has 3 aromatic rings. The van der Waals surface area contributed by atoms with Crippen LogP contribution in [0.1, 0.15) is 34.1 Å². The van der Waals surface area contributed by atoms with E-state index in [2.05, 4.69) is 22.2 Å². The number of thiophene rings is 1. The maximum absolute atomic E-state index is 12.6. The number of nitrogens with two attached hydrogens (primary N) is 1. The molecule has 6 nitrogen and oxygen atoms in total. The second-order valence-corrected chi connectivity index (χ2v) is 9.02. The minimum Gasteiger partial charge on any atom is -0.365 e. The fourth-order valence-electron chi connectivity index (χ4n) is 3.49. The summed E-state index contributed by atoms with van der Waals surface area (Å²) in [5.41, 5.74) is 7.96. The maximum Gasteiger partial charge on any atom is 0.251 e. The largest absolute Gasteiger partial charge is 0.365 e. The number of thioether (sulfide) groups is 1. The average Bonchev–Trinajstić information content (AvgIpc) is 3.03. The highest BCUT2D eigenvalue weighted by molar-refractivity contribution is 8.00. The van der Waals surface area contributed by atoms with Gasteiger partial charge >= 0.3 is 0 Å². The average molecular weight is 413 g/mol. The number of carbonyl (C=O) groups excluding carboxylic acids is 2. The predicted octanol–water partition coefficient (Wildman–Crippen LogP) is 3.65. The zero-order valence-electron chi connectivity index (χ0n) is 15.4. The molecule has 144 valence electrons. The zero-order valence-corrected chi connectivity index (χ0v) is 17.0. The number of nitrogens with zero attached hydrogens (tertiary/aromatic N) is 2. The van der Waals surface area contributed by atoms with Gasteiger partial charge in [0, 0.05) is 10.3 Å². The maximum atomic E-state index is 12.6. The molecule has 1 aliphatic carbocycles. The van der Waals surface area contributed by atoms with Gasteiger partial charge in [0.1, 0.15) is 16.4 Å². The highest BCUT2D eigenvalue weighted by Gasteiger charge is 2.27. The first-order valence-electron chi connectivity index (χ1n) is 9.09. The molecule has 28 heavy (non-hydrogen) atoms. The van der Waals surface area contributed by atoms with Crippen molar-refractivity contribution in [1.82, 2.24) is 9.97 Å². The molecule has 1 aliphatic rings. The third-order valence-electron chi connectivity index (χ3n) is 4.86. The van der Waals surface area contributed by atoms with Crippen molar-refractivity contribution in [2.45, 2.75) is 31.2 Å². The van der Waals surface area contributed by atoms with Crippen LogP contribution in [-0.2, 0) is 17.6 Å². The summed E-state index contributed by atoms with van der Waals surface area (Å²) in [5, 5.41) is 5.15. The van der Waals surface area contributed by atoms with E-state index in [9.17, 15) is 9.59 Å². The third-order valence-corrected chi connectivity index (χ3v) is 7.03. The summed E-state index contributed by atoms with van der Waals surface area (Å²) in [6.45, 7) is 2.20. The van der Waals surface area contributed by atoms with Crippen molar-refractivity contribution in [2.24, 2.45) is 11.7 Å². The number of aromatic nitrogens is 2. The van der Waals surface area contributed by atoms with E-state index in [0.717, 1.165) is 45.6 Å². The Morgan fingerprint density at radius 3 is 2.96 bits per heavy atom. The van der Waals surface area contributed by atoms with Crippen LogP contribution >= 0.6 is 23.1 Å². The lowest BCUT2D eigenvalue weighted by Crippen LogP contribution is -2.20. The zero-order chi connectivity index (χ0) is 19.7. The number of nitrogens with one attached hydrogen (secondary N) is 1. The van der Waals surface area contributed by atoms with E-state index in [0.29, 0.717) is 16.5 Å². The number of fused-ring (bicyclic) bond motifs is 2. The Balaban J connectivity index is 1.50. The SMILES string of the molecule is CC1CCc2c(sc(NC(=O)CSc3ncnc4ccccc34)c2C(N)=O)C1. The van der Waals surface area contributed by atoms with E-state index in [1.54, 1.807) is 0 Å². The lowest BCUT2D eigenvalue weighted by molar-refractivity contribution is -0.113. The van der Waals surface area contributed by atoms with Crippen molar-refractivity contribution < 1.29 is 9.59 Å². The standard InChI is InChI=1S/C20H20N4O2S2/c1-11-6-7-13-15(8-11)28-20(17(13)18(21)26)24-16(25)9-27-19-12-4-2-3-5-14(12)22-10-23-19/h2-5,10-11H,6-9H2,1H3,(H2,21,26)(H,24,25). The molecule has 0 bridgehead atoms. The lowest BCUT2D eigenvalue weighted by Gasteiger charge is -2.18. The number of primary amides is 1. The highest BCUT2D eigenvalue weighted by atomic mass is 32.2. The summed E-state index contributed by atoms with van der Waals surface area (Å²) < 4.78 is 0. The molecular formula is C20H20N4O2S2. The van der Waals surface area contributed by atoms with Gasteiger partial charge in [-0.05, 0) is 36.8 Å². The van der Waals surface area contributed by atoms with Crippen LogP contribution in [0, 0.1) is 5.92 Å². The first-order chi connectivity index (χ1) is 13.5. The van der Waals surface area contributed by atoms with Gasteiger partial charge in [-0.3, -0.25) is 9.59 Å². The van der Waals surface area contributed by atoms with Crippen molar-refractivity contribution in [1.29, 1.82) is 0 Å². The number of rotatable bonds is 5. The molecule has 8 heteroatoms. The van der Waals surface area contributed by atoms with Gasteiger partial charge in [-0.15, -0.1) is 11.3 Å². The summed E-state index contributed by atoms with van der Waals surface area (Å²) in [7, 11) is 0. The van der Waals surface area contributed by atoms with Crippen molar-refractivity contribution in [3.8, 4) is 0 Å². The molecule has 0 spiro atoms. The van der Waals surface area contributed by atoms with Crippen LogP contribution in [0.3, 0.4) is 0 Å². The van der Waals surface area contributed by atoms with Gasteiger partial charge in [-0.25, -0.2) is 9.97 Å². The smallest absolute Gasteiger partial charge is 0.251 e. The van der Waals surface area contributed by atoms with Crippen LogP contribution in [-0.4, -0.2) is 27.5 Å². The summed E-state index contributed by atoms with van der Waals surface area (Å²) in [5.74, 6) is 0.119. The Morgan fingerprint density at radius 1 is 1.32 bits per heavy atom. The fraction of sp³-hybridized carbons (Fsp3) is 0.300. The van der Waals surface area contributed by atoms with Gasteiger partial charge in [-0.1, -0.05) is 36.9 Å². The Kier molecular flexibility index (Phi) is 5.32. The van der Waals surface area contributed by atoms with Gasteiger partial charge < -0.3 is 11.1 Å². The van der Waals surface area contributed by atoms with Gasteiger partial charge in [-0.2, -0.15) is 0 Å². The molecule has 2 amide bonds. The predicted molar refractivity (Wildman–Crippen MR) is 113 cm³/mol. The minimum atomic E-state index is -0.475. The van der Waals surface area contributed by atoms with Gasteiger partial charge in [0.15, 0.2) is 0 Å². The van der Waals surface area contributed by atoms with Crippen LogP contribution in [0.2, 0.25) is 0 Å². The minimum absolute atomic E-state index is 0.179. The number of benzene rings is 1. The number of hydrogen-bond donors (Lipinski definition) is 2. The van der Waals surface area contributed by atoms with Crippen LogP contribution in [0.4, 0.5) is 5.00 Å². The van der Waals surface area contributed by atoms with E-state index >= 15 is 0 Å². The normalized spacial score (nSPS) is 16.0. The van der Waals surface area contributed by atoms with E-state index in [4.69, 9.17) is 5.73 Å². The molecule has 4 rings (SSSR count). The van der Waals surface area contributed by atoms with E-state index < -0.39 is 5.91 Å². The number of para-hydroxylation sites is 1. The number of carbonyl (C=O) groups is 2. The van der Waals surface area contributed by atoms with E-state index in [-0.39, 0.29) is 11.7 Å². The molecule has 0 fully saturated rings. The van der Waals surface area contributed by atoms with Crippen molar-refractivity contribution in [2.75, 3.05) is 11.1 Å². The summed E-state index contributed by atoms with van der Waals surface area (Å²) in [6, 6.07) is 7.69. The molecule has 1 atom stereocenters. The lowest BCUT2D eigenvalue weighted by atomic mass is 9.88. The van der Waals surface area contributed by atoms with Crippen molar-refractivity contribution >= 4 is 50.8 Å². The number of hydrogen-bond acceptors (Lipinski definition) is 6. The first kappa shape index (κ1) is 18.9. The molecule has 2 aromatic heterocycles. The first-order valence-corrected chi connectivity index (χ1v) is 10.9. The summed E-state index contributed by atoms with van der Waals surface area (Å²) >= 11 is 2.83. The number of amides is 2. The molecule has 0 radical (unpaired) electrons. The van der Waals surface area contributed by atoms with Gasteiger partial charge in [0.25, 0.3) is 5.91 Å². The highest BCUT2D eigenvalue weighted by Crippen LogP contribution is 2.39. The Morgan fingerprint density at radius 2 is 2.14 bits per heavy atom. The van der Waals surface area contributed by atoms with Crippen LogP contribution in [0.5, 0.6) is 0 Å². The summed E-state index contributed by atoms with van der Waals surface area (Å²) in [4.78, 5) is 34.2. The number of anilines is 1. The Labute approximate surface area is 170 Å². The second-order valence-electron chi connectivity index (χ2n) is 6.95. The quantitative estimate of drug-likeness (QED) is 0.492. The van der Waals surface area contributed by atoms with Gasteiger partial charge in [0.05, 0.1) is 16.8 Å². The van der Waals surface area contributed by atoms with Crippen molar-refractivity contribution in [3.05, 3.63) is 46.6 Å². The molecular weight excluding hydrogens is 392 g/mol. The van der Waals surface area contributed by atoms with Crippen LogP contribution < -0.4 is 11.1 Å². The van der Waals surface area contributed by atoms with Gasteiger partial charge in [0.2, 0.25) is 5.91 Å². The molecule has 0 aliphatic heterocycles. The van der Waals surface area contributed by atoms with Crippen LogP contribution in [0.15, 0.2) is 35.6 Å². The second kappa shape index (κ2) is 7.89. The molecule has 1 aromatic carbocycles. The third kappa shape index (κ3) is 3.74. The fourth-order valence-corrected chi connectivity index (χ4v) is 5.71. The van der Waals surface area contributed by atoms with E-state index in [1.807, 2.05) is 24.3 Å².